The van der Waals surface area contributed by atoms with Crippen molar-refractivity contribution in [3.63, 3.8) is 0 Å². The van der Waals surface area contributed by atoms with Crippen molar-refractivity contribution < 1.29 is 0 Å². The van der Waals surface area contributed by atoms with Crippen molar-refractivity contribution in [2.45, 2.75) is 13.8 Å². The molecule has 0 aromatic carbocycles. The topological polar surface area (TPSA) is 19.4 Å². The highest BCUT2D eigenvalue weighted by molar-refractivity contribution is 5.05. The third kappa shape index (κ3) is 9.62. The normalized spacial score (nSPS) is 10.2. The van der Waals surface area contributed by atoms with Crippen LogP contribution in [0, 0.1) is 6.92 Å². The summed E-state index contributed by atoms with van der Waals surface area (Å²) >= 11 is 0. The molecule has 0 saturated carbocycles. The number of likely N-dealkylation sites (N-methyl/N-ethyl adjacent to an activating group) is 2. The number of hydrogen-bond acceptors (Lipinski definition) is 3. The van der Waals surface area contributed by atoms with Crippen LogP contribution in [0.3, 0.4) is 0 Å². The zero-order valence-electron chi connectivity index (χ0n) is 11.3. The van der Waals surface area contributed by atoms with E-state index in [1.54, 1.807) is 12.4 Å². The van der Waals surface area contributed by atoms with E-state index < -0.39 is 0 Å². The Labute approximate surface area is 100 Å². The Morgan fingerprint density at radius 3 is 1.94 bits per heavy atom. The van der Waals surface area contributed by atoms with Crippen LogP contribution in [0.2, 0.25) is 0 Å². The monoisotopic (exact) mass is 223 g/mol. The van der Waals surface area contributed by atoms with E-state index in [1.807, 2.05) is 19.1 Å². The standard InChI is InChI=1S/C7H18N2.C6H7N/c1-5-9(4)7-6-8(2)3;1-6-2-4-7-5-3-6/h5-7H2,1-4H3;2-5H,1H3. The van der Waals surface area contributed by atoms with Gasteiger partial charge in [-0.15, -0.1) is 0 Å². The molecule has 1 rings (SSSR count). The third-order valence-electron chi connectivity index (χ3n) is 2.32. The van der Waals surface area contributed by atoms with Crippen LogP contribution >= 0.6 is 0 Å². The highest BCUT2D eigenvalue weighted by Crippen LogP contribution is 1.88. The molecular weight excluding hydrogens is 198 g/mol. The average molecular weight is 223 g/mol. The molecule has 1 aromatic heterocycles. The molecule has 0 aliphatic rings. The van der Waals surface area contributed by atoms with Crippen molar-refractivity contribution in [2.24, 2.45) is 0 Å². The highest BCUT2D eigenvalue weighted by atomic mass is 15.1. The van der Waals surface area contributed by atoms with E-state index in [0.29, 0.717) is 0 Å². The van der Waals surface area contributed by atoms with Crippen LogP contribution < -0.4 is 0 Å². The van der Waals surface area contributed by atoms with E-state index in [0.717, 1.165) is 13.1 Å². The molecule has 3 nitrogen and oxygen atoms in total. The summed E-state index contributed by atoms with van der Waals surface area (Å²) in [4.78, 5) is 8.35. The fraction of sp³-hybridized carbons (Fsp3) is 0.615. The van der Waals surface area contributed by atoms with Crippen molar-refractivity contribution in [2.75, 3.05) is 40.8 Å². The maximum absolute atomic E-state index is 3.85. The molecule has 0 unspecified atom stereocenters. The Kier molecular flexibility index (Phi) is 8.77. The largest absolute Gasteiger partial charge is 0.308 e. The molecule has 0 aliphatic heterocycles. The van der Waals surface area contributed by atoms with Crippen LogP contribution in [0.1, 0.15) is 12.5 Å². The van der Waals surface area contributed by atoms with Crippen LogP contribution in [0.4, 0.5) is 0 Å². The molecule has 0 aliphatic carbocycles. The van der Waals surface area contributed by atoms with E-state index in [2.05, 4.69) is 42.9 Å². The quantitative estimate of drug-likeness (QED) is 0.777. The Hall–Kier alpha value is -0.930. The molecule has 0 saturated heterocycles. The Bertz CT molecular complexity index is 247. The van der Waals surface area contributed by atoms with Crippen molar-refractivity contribution in [3.05, 3.63) is 30.1 Å². The first kappa shape index (κ1) is 15.1. The number of pyridine rings is 1. The van der Waals surface area contributed by atoms with Gasteiger partial charge in [0.1, 0.15) is 0 Å². The van der Waals surface area contributed by atoms with Crippen molar-refractivity contribution >= 4 is 0 Å². The second-order valence-corrected chi connectivity index (χ2v) is 4.22. The molecule has 0 fully saturated rings. The minimum absolute atomic E-state index is 1.15. The Morgan fingerprint density at radius 2 is 1.62 bits per heavy atom. The molecular formula is C13H25N3. The smallest absolute Gasteiger partial charge is 0.0270 e. The fourth-order valence-electron chi connectivity index (χ4n) is 0.955. The van der Waals surface area contributed by atoms with E-state index in [-0.39, 0.29) is 0 Å². The van der Waals surface area contributed by atoms with E-state index in [9.17, 15) is 0 Å². The highest BCUT2D eigenvalue weighted by Gasteiger charge is 1.93. The summed E-state index contributed by atoms with van der Waals surface area (Å²) in [7, 11) is 6.34. The molecule has 1 heterocycles. The van der Waals surface area contributed by atoms with E-state index in [1.165, 1.54) is 12.1 Å². The molecule has 92 valence electrons. The number of nitrogens with zero attached hydrogens (tertiary/aromatic N) is 3. The first-order valence-corrected chi connectivity index (χ1v) is 5.76. The van der Waals surface area contributed by atoms with Crippen molar-refractivity contribution in [3.8, 4) is 0 Å². The summed E-state index contributed by atoms with van der Waals surface area (Å²) in [5.41, 5.74) is 1.26. The van der Waals surface area contributed by atoms with Crippen LogP contribution in [0.15, 0.2) is 24.5 Å². The minimum atomic E-state index is 1.15. The zero-order valence-corrected chi connectivity index (χ0v) is 11.3. The van der Waals surface area contributed by atoms with Crippen molar-refractivity contribution in [1.29, 1.82) is 0 Å². The first-order valence-electron chi connectivity index (χ1n) is 5.76. The second-order valence-electron chi connectivity index (χ2n) is 4.22. The molecule has 1 aromatic rings. The van der Waals surface area contributed by atoms with Crippen LogP contribution in [0.5, 0.6) is 0 Å². The summed E-state index contributed by atoms with van der Waals surface area (Å²) in [6.45, 7) is 7.69. The molecule has 0 spiro atoms. The van der Waals surface area contributed by atoms with Gasteiger partial charge in [0.2, 0.25) is 0 Å². The number of hydrogen-bond donors (Lipinski definition) is 0. The SMILES string of the molecule is CCN(C)CCN(C)C.Cc1ccncc1. The van der Waals surface area contributed by atoms with Gasteiger partial charge in [0.25, 0.3) is 0 Å². The van der Waals surface area contributed by atoms with Gasteiger partial charge in [-0.05, 0) is 52.3 Å². The number of rotatable bonds is 4. The summed E-state index contributed by atoms with van der Waals surface area (Å²) < 4.78 is 0. The number of aryl methyl sites for hydroxylation is 1. The second kappa shape index (κ2) is 9.31. The number of aromatic nitrogens is 1. The van der Waals surface area contributed by atoms with E-state index in [4.69, 9.17) is 0 Å². The van der Waals surface area contributed by atoms with Gasteiger partial charge in [-0.2, -0.15) is 0 Å². The molecule has 0 bridgehead atoms. The lowest BCUT2D eigenvalue weighted by Crippen LogP contribution is -2.28. The third-order valence-corrected chi connectivity index (χ3v) is 2.32. The van der Waals surface area contributed by atoms with Crippen molar-refractivity contribution in [1.82, 2.24) is 14.8 Å². The molecule has 0 radical (unpaired) electrons. The van der Waals surface area contributed by atoms with Gasteiger partial charge in [0, 0.05) is 25.5 Å². The summed E-state index contributed by atoms with van der Waals surface area (Å²) in [5.74, 6) is 0. The summed E-state index contributed by atoms with van der Waals surface area (Å²) in [6.07, 6.45) is 3.57. The van der Waals surface area contributed by atoms with Gasteiger partial charge >= 0.3 is 0 Å². The molecule has 3 heteroatoms. The van der Waals surface area contributed by atoms with Gasteiger partial charge in [-0.3, -0.25) is 4.98 Å². The lowest BCUT2D eigenvalue weighted by molar-refractivity contribution is 0.292. The minimum Gasteiger partial charge on any atom is -0.308 e. The lowest BCUT2D eigenvalue weighted by atomic mass is 10.3. The Balaban J connectivity index is 0.000000288. The van der Waals surface area contributed by atoms with Gasteiger partial charge in [-0.25, -0.2) is 0 Å². The van der Waals surface area contributed by atoms with Crippen LogP contribution in [-0.4, -0.2) is 55.6 Å². The fourth-order valence-corrected chi connectivity index (χ4v) is 0.955. The van der Waals surface area contributed by atoms with Gasteiger partial charge in [-0.1, -0.05) is 6.92 Å². The Morgan fingerprint density at radius 1 is 1.06 bits per heavy atom. The zero-order chi connectivity index (χ0) is 12.4. The molecule has 16 heavy (non-hydrogen) atoms. The first-order chi connectivity index (χ1) is 7.56. The predicted octanol–water partition coefficient (Wildman–Crippen LogP) is 1.89. The molecule has 0 atom stereocenters. The average Bonchev–Trinajstić information content (AvgIpc) is 2.27. The van der Waals surface area contributed by atoms with Gasteiger partial charge in [0.05, 0.1) is 0 Å². The molecule has 0 amide bonds. The van der Waals surface area contributed by atoms with Gasteiger partial charge < -0.3 is 9.80 Å². The summed E-state index contributed by atoms with van der Waals surface area (Å²) in [6, 6.07) is 3.94. The molecule has 0 N–H and O–H groups in total. The van der Waals surface area contributed by atoms with E-state index >= 15 is 0 Å². The summed E-state index contributed by atoms with van der Waals surface area (Å²) in [5, 5.41) is 0. The maximum atomic E-state index is 3.85. The lowest BCUT2D eigenvalue weighted by Gasteiger charge is -2.16. The van der Waals surface area contributed by atoms with Gasteiger partial charge in [0.15, 0.2) is 0 Å². The van der Waals surface area contributed by atoms with Crippen LogP contribution in [-0.2, 0) is 0 Å². The predicted molar refractivity (Wildman–Crippen MR) is 70.7 cm³/mol. The van der Waals surface area contributed by atoms with Crippen LogP contribution in [0.25, 0.3) is 0 Å². The maximum Gasteiger partial charge on any atom is 0.0270 e.